The first kappa shape index (κ1) is 20.1. The summed E-state index contributed by atoms with van der Waals surface area (Å²) in [6, 6.07) is 5.06. The number of nitrogens with zero attached hydrogens (tertiary/aromatic N) is 1. The molecule has 1 aliphatic rings. The summed E-state index contributed by atoms with van der Waals surface area (Å²) in [6.45, 7) is 1.68. The molecule has 1 aromatic carbocycles. The second-order valence-electron chi connectivity index (χ2n) is 6.24. The average Bonchev–Trinajstić information content (AvgIpc) is 3.06. The van der Waals surface area contributed by atoms with Crippen LogP contribution in [0.3, 0.4) is 0 Å². The molecular formula is C18H23NO6S. The molecule has 2 rings (SSSR count). The Kier molecular flexibility index (Phi) is 6.52. The van der Waals surface area contributed by atoms with Crippen LogP contribution in [0, 0.1) is 11.8 Å². The maximum atomic E-state index is 13.0. The van der Waals surface area contributed by atoms with Crippen LogP contribution >= 0.6 is 12.6 Å². The minimum atomic E-state index is -1.16. The first-order valence-corrected chi connectivity index (χ1v) is 8.87. The van der Waals surface area contributed by atoms with Gasteiger partial charge in [-0.15, -0.1) is 0 Å². The van der Waals surface area contributed by atoms with Crippen molar-refractivity contribution in [3.63, 3.8) is 0 Å². The number of methoxy groups -OCH3 is 2. The number of benzene rings is 1. The van der Waals surface area contributed by atoms with Crippen LogP contribution in [0.15, 0.2) is 24.3 Å². The highest BCUT2D eigenvalue weighted by atomic mass is 32.1. The van der Waals surface area contributed by atoms with Gasteiger partial charge in [0, 0.05) is 17.2 Å². The molecule has 1 heterocycles. The molecule has 0 aliphatic carbocycles. The highest BCUT2D eigenvalue weighted by molar-refractivity contribution is 7.80. The predicted molar refractivity (Wildman–Crippen MR) is 97.1 cm³/mol. The number of carboxylic acids is 1. The molecular weight excluding hydrogens is 358 g/mol. The van der Waals surface area contributed by atoms with Crippen LogP contribution in [0.4, 0.5) is 0 Å². The summed E-state index contributed by atoms with van der Waals surface area (Å²) in [7, 11) is 2.73. The van der Waals surface area contributed by atoms with E-state index in [1.807, 2.05) is 0 Å². The zero-order valence-electron chi connectivity index (χ0n) is 14.9. The van der Waals surface area contributed by atoms with Gasteiger partial charge in [0.1, 0.15) is 11.8 Å². The molecule has 0 saturated carbocycles. The van der Waals surface area contributed by atoms with Gasteiger partial charge < -0.3 is 19.5 Å². The number of esters is 1. The van der Waals surface area contributed by atoms with E-state index < -0.39 is 35.9 Å². The lowest BCUT2D eigenvalue weighted by atomic mass is 9.92. The molecule has 1 fully saturated rings. The average molecular weight is 381 g/mol. The van der Waals surface area contributed by atoms with Crippen LogP contribution in [0.2, 0.25) is 0 Å². The van der Waals surface area contributed by atoms with Crippen molar-refractivity contribution >= 4 is 30.5 Å². The molecule has 0 spiro atoms. The van der Waals surface area contributed by atoms with E-state index in [9.17, 15) is 19.5 Å². The zero-order valence-corrected chi connectivity index (χ0v) is 15.8. The van der Waals surface area contributed by atoms with Gasteiger partial charge in [0.05, 0.1) is 26.2 Å². The first-order valence-electron chi connectivity index (χ1n) is 8.23. The van der Waals surface area contributed by atoms with Gasteiger partial charge in [-0.05, 0) is 12.5 Å². The smallest absolute Gasteiger partial charge is 0.326 e. The van der Waals surface area contributed by atoms with E-state index in [1.165, 1.54) is 19.1 Å². The number of ether oxygens (including phenoxy) is 2. The van der Waals surface area contributed by atoms with E-state index in [-0.39, 0.29) is 18.1 Å². The van der Waals surface area contributed by atoms with Gasteiger partial charge in [-0.1, -0.05) is 25.1 Å². The Hall–Kier alpha value is -2.22. The van der Waals surface area contributed by atoms with E-state index in [4.69, 9.17) is 9.47 Å². The molecule has 1 aromatic rings. The van der Waals surface area contributed by atoms with Crippen LogP contribution in [-0.4, -0.2) is 53.9 Å². The zero-order chi connectivity index (χ0) is 19.4. The number of likely N-dealkylation sites (tertiary alicyclic amines) is 1. The highest BCUT2D eigenvalue weighted by Crippen LogP contribution is 2.45. The third-order valence-electron chi connectivity index (χ3n) is 4.69. The molecule has 0 aromatic heterocycles. The molecule has 4 atom stereocenters. The molecule has 142 valence electrons. The summed E-state index contributed by atoms with van der Waals surface area (Å²) in [5, 5.41) is 9.65. The van der Waals surface area contributed by atoms with Crippen molar-refractivity contribution in [1.29, 1.82) is 0 Å². The Morgan fingerprint density at radius 3 is 2.50 bits per heavy atom. The quantitative estimate of drug-likeness (QED) is 0.576. The summed E-state index contributed by atoms with van der Waals surface area (Å²) in [5.74, 6) is -2.62. The highest BCUT2D eigenvalue weighted by Gasteiger charge is 2.52. The molecule has 0 unspecified atom stereocenters. The van der Waals surface area contributed by atoms with Crippen molar-refractivity contribution in [2.45, 2.75) is 25.4 Å². The van der Waals surface area contributed by atoms with E-state index in [0.717, 1.165) is 0 Å². The Morgan fingerprint density at radius 2 is 1.96 bits per heavy atom. The lowest BCUT2D eigenvalue weighted by molar-refractivity contribution is -0.152. The number of carbonyl (C=O) groups excluding carboxylic acids is 2. The number of para-hydroxylation sites is 1. The standard InChI is InChI=1S/C18H23NO6S/c1-10(9-26)16(20)19-13(17(21)22)8-12(18(23)25-3)15(19)11-6-4-5-7-14(11)24-2/h4-7,10,12-13,15,26H,8-9H2,1-3H3,(H,21,22)/t10-,12+,13+,15+/m1/s1. The minimum absolute atomic E-state index is 0.0181. The molecule has 1 aliphatic heterocycles. The van der Waals surface area contributed by atoms with E-state index in [2.05, 4.69) is 12.6 Å². The maximum absolute atomic E-state index is 13.0. The number of aliphatic carboxylic acids is 1. The molecule has 1 N–H and O–H groups in total. The largest absolute Gasteiger partial charge is 0.496 e. The van der Waals surface area contributed by atoms with Gasteiger partial charge in [0.15, 0.2) is 0 Å². The van der Waals surface area contributed by atoms with Crippen LogP contribution in [-0.2, 0) is 19.1 Å². The molecule has 0 radical (unpaired) electrons. The molecule has 1 saturated heterocycles. The molecule has 1 amide bonds. The van der Waals surface area contributed by atoms with E-state index >= 15 is 0 Å². The van der Waals surface area contributed by atoms with E-state index in [0.29, 0.717) is 11.3 Å². The van der Waals surface area contributed by atoms with Gasteiger partial charge >= 0.3 is 11.9 Å². The van der Waals surface area contributed by atoms with E-state index in [1.54, 1.807) is 31.2 Å². The van der Waals surface area contributed by atoms with Gasteiger partial charge in [-0.2, -0.15) is 12.6 Å². The SMILES string of the molecule is COC(=O)[C@H]1C[C@@H](C(=O)O)N(C(=O)[C@H](C)CS)[C@H]1c1ccccc1OC. The van der Waals surface area contributed by atoms with Crippen LogP contribution < -0.4 is 4.74 Å². The van der Waals surface area contributed by atoms with Crippen LogP contribution in [0.5, 0.6) is 5.75 Å². The predicted octanol–water partition coefficient (Wildman–Crippen LogP) is 1.78. The number of hydrogen-bond donors (Lipinski definition) is 2. The third kappa shape index (κ3) is 3.65. The summed E-state index contributed by atoms with van der Waals surface area (Å²) in [4.78, 5) is 38.4. The number of carbonyl (C=O) groups is 3. The molecule has 0 bridgehead atoms. The van der Waals surface area contributed by atoms with Crippen molar-refractivity contribution in [3.8, 4) is 5.75 Å². The summed E-state index contributed by atoms with van der Waals surface area (Å²) in [5.41, 5.74) is 0.578. The number of thiol groups is 1. The lowest BCUT2D eigenvalue weighted by Crippen LogP contribution is -2.45. The second-order valence-corrected chi connectivity index (χ2v) is 6.60. The fourth-order valence-corrected chi connectivity index (χ4v) is 3.52. The summed E-state index contributed by atoms with van der Waals surface area (Å²) >= 11 is 4.15. The van der Waals surface area contributed by atoms with Crippen molar-refractivity contribution in [1.82, 2.24) is 4.90 Å². The van der Waals surface area contributed by atoms with Crippen molar-refractivity contribution in [2.24, 2.45) is 11.8 Å². The lowest BCUT2D eigenvalue weighted by Gasteiger charge is -2.32. The second kappa shape index (κ2) is 8.44. The van der Waals surface area contributed by atoms with Crippen molar-refractivity contribution in [3.05, 3.63) is 29.8 Å². The summed E-state index contributed by atoms with van der Waals surface area (Å²) in [6.07, 6.45) is -0.0181. The number of carboxylic acid groups (broad SMARTS) is 1. The first-order chi connectivity index (χ1) is 12.4. The molecule has 26 heavy (non-hydrogen) atoms. The fourth-order valence-electron chi connectivity index (χ4n) is 3.37. The summed E-state index contributed by atoms with van der Waals surface area (Å²) < 4.78 is 10.3. The fraction of sp³-hybridized carbons (Fsp3) is 0.500. The van der Waals surface area contributed by atoms with Crippen LogP contribution in [0.25, 0.3) is 0 Å². The third-order valence-corrected chi connectivity index (χ3v) is 5.24. The van der Waals surface area contributed by atoms with Gasteiger partial charge in [0.25, 0.3) is 0 Å². The maximum Gasteiger partial charge on any atom is 0.326 e. The van der Waals surface area contributed by atoms with Gasteiger partial charge in [-0.3, -0.25) is 9.59 Å². The van der Waals surface area contributed by atoms with Gasteiger partial charge in [0.2, 0.25) is 5.91 Å². The number of amides is 1. The van der Waals surface area contributed by atoms with Crippen LogP contribution in [0.1, 0.15) is 24.9 Å². The van der Waals surface area contributed by atoms with Crippen molar-refractivity contribution in [2.75, 3.05) is 20.0 Å². The molecule has 8 heteroatoms. The Morgan fingerprint density at radius 1 is 1.31 bits per heavy atom. The van der Waals surface area contributed by atoms with Crippen molar-refractivity contribution < 1.29 is 29.0 Å². The number of rotatable bonds is 6. The number of hydrogen-bond acceptors (Lipinski definition) is 6. The Balaban J connectivity index is 2.62. The van der Waals surface area contributed by atoms with Gasteiger partial charge in [-0.25, -0.2) is 4.79 Å². The Labute approximate surface area is 157 Å². The minimum Gasteiger partial charge on any atom is -0.496 e. The Bertz CT molecular complexity index is 694. The topological polar surface area (TPSA) is 93.1 Å². The normalized spacial score (nSPS) is 23.4. The molecule has 7 nitrogen and oxygen atoms in total. The monoisotopic (exact) mass is 381 g/mol.